The molecule has 0 unspecified atom stereocenters. The van der Waals surface area contributed by atoms with Crippen LogP contribution >= 0.6 is 0 Å². The first-order chi connectivity index (χ1) is 8.90. The number of carbonyl (C=O) groups is 1. The van der Waals surface area contributed by atoms with Gasteiger partial charge in [0.1, 0.15) is 0 Å². The number of hydrogen-bond acceptors (Lipinski definition) is 4. The summed E-state index contributed by atoms with van der Waals surface area (Å²) >= 11 is 0. The van der Waals surface area contributed by atoms with Crippen LogP contribution in [-0.2, 0) is 4.79 Å². The summed E-state index contributed by atoms with van der Waals surface area (Å²) in [7, 11) is 0. The van der Waals surface area contributed by atoms with Gasteiger partial charge in [0.15, 0.2) is 0 Å². The number of nitro groups is 1. The molecule has 0 bridgehead atoms. The maximum absolute atomic E-state index is 11.5. The smallest absolute Gasteiger partial charge is 0.271 e. The number of rotatable bonds is 6. The molecule has 6 nitrogen and oxygen atoms in total. The van der Waals surface area contributed by atoms with Crippen LogP contribution in [0.25, 0.3) is 0 Å². The first kappa shape index (κ1) is 14.9. The van der Waals surface area contributed by atoms with Crippen molar-refractivity contribution in [1.82, 2.24) is 5.32 Å². The normalized spacial score (nSPS) is 10.3. The van der Waals surface area contributed by atoms with Crippen LogP contribution < -0.4 is 10.6 Å². The average molecular weight is 265 g/mol. The van der Waals surface area contributed by atoms with Gasteiger partial charge in [0.25, 0.3) is 5.69 Å². The van der Waals surface area contributed by atoms with Crippen LogP contribution in [0.3, 0.4) is 0 Å². The topological polar surface area (TPSA) is 84.3 Å². The highest BCUT2D eigenvalue weighted by atomic mass is 16.6. The number of nitro benzene ring substituents is 1. The number of amides is 1. The molecule has 0 aromatic heterocycles. The highest BCUT2D eigenvalue weighted by Gasteiger charge is 2.09. The molecule has 6 heteroatoms. The zero-order chi connectivity index (χ0) is 14.4. The van der Waals surface area contributed by atoms with Gasteiger partial charge in [-0.3, -0.25) is 14.9 Å². The van der Waals surface area contributed by atoms with Gasteiger partial charge < -0.3 is 10.6 Å². The van der Waals surface area contributed by atoms with Crippen LogP contribution in [-0.4, -0.2) is 23.9 Å². The number of nitrogens with zero attached hydrogens (tertiary/aromatic N) is 1. The van der Waals surface area contributed by atoms with E-state index in [0.717, 1.165) is 5.56 Å². The van der Waals surface area contributed by atoms with Crippen molar-refractivity contribution in [3.8, 4) is 0 Å². The molecule has 1 aromatic rings. The van der Waals surface area contributed by atoms with E-state index in [1.165, 1.54) is 12.1 Å². The number of aryl methyl sites for hydroxylation is 1. The van der Waals surface area contributed by atoms with Gasteiger partial charge in [0.05, 0.1) is 11.5 Å². The summed E-state index contributed by atoms with van der Waals surface area (Å²) < 4.78 is 0. The Bertz CT molecular complexity index is 472. The molecular weight excluding hydrogens is 246 g/mol. The zero-order valence-electron chi connectivity index (χ0n) is 11.4. The van der Waals surface area contributed by atoms with E-state index in [0.29, 0.717) is 18.2 Å². The maximum Gasteiger partial charge on any atom is 0.271 e. The summed E-state index contributed by atoms with van der Waals surface area (Å²) in [4.78, 5) is 21.8. The summed E-state index contributed by atoms with van der Waals surface area (Å²) in [5, 5.41) is 16.4. The molecule has 0 fully saturated rings. The fourth-order valence-electron chi connectivity index (χ4n) is 1.47. The van der Waals surface area contributed by atoms with Gasteiger partial charge >= 0.3 is 0 Å². The molecule has 0 spiro atoms. The fraction of sp³-hybridized carbons (Fsp3) is 0.462. The van der Waals surface area contributed by atoms with Gasteiger partial charge in [-0.25, -0.2) is 0 Å². The van der Waals surface area contributed by atoms with Gasteiger partial charge in [0, 0.05) is 24.4 Å². The largest absolute Gasteiger partial charge is 0.376 e. The summed E-state index contributed by atoms with van der Waals surface area (Å²) in [6.07, 6.45) is 0. The van der Waals surface area contributed by atoms with Gasteiger partial charge in [0.2, 0.25) is 5.91 Å². The van der Waals surface area contributed by atoms with Crippen molar-refractivity contribution in [3.63, 3.8) is 0 Å². The fourth-order valence-corrected chi connectivity index (χ4v) is 1.47. The zero-order valence-corrected chi connectivity index (χ0v) is 11.4. The molecule has 1 aromatic carbocycles. The third kappa shape index (κ3) is 4.95. The molecule has 0 saturated carbocycles. The summed E-state index contributed by atoms with van der Waals surface area (Å²) in [6.45, 7) is 6.58. The average Bonchev–Trinajstić information content (AvgIpc) is 2.35. The van der Waals surface area contributed by atoms with Crippen molar-refractivity contribution in [1.29, 1.82) is 0 Å². The minimum absolute atomic E-state index is 0.00990. The van der Waals surface area contributed by atoms with Gasteiger partial charge in [-0.05, 0) is 18.4 Å². The Kier molecular flexibility index (Phi) is 5.29. The van der Waals surface area contributed by atoms with E-state index in [2.05, 4.69) is 10.6 Å². The Labute approximate surface area is 112 Å². The SMILES string of the molecule is Cc1ccc([N+](=O)[O-])cc1NCC(=O)NCC(C)C. The standard InChI is InChI=1S/C13H19N3O3/c1-9(2)7-15-13(17)8-14-12-6-11(16(18)19)5-4-10(12)3/h4-6,9,14H,7-8H2,1-3H3,(H,15,17). The number of hydrogen-bond donors (Lipinski definition) is 2. The highest BCUT2D eigenvalue weighted by molar-refractivity contribution is 5.81. The molecule has 104 valence electrons. The molecule has 0 atom stereocenters. The first-order valence-corrected chi connectivity index (χ1v) is 6.15. The van der Waals surface area contributed by atoms with Crippen LogP contribution in [0.2, 0.25) is 0 Å². The van der Waals surface area contributed by atoms with Crippen molar-refractivity contribution in [3.05, 3.63) is 33.9 Å². The summed E-state index contributed by atoms with van der Waals surface area (Å²) in [5.74, 6) is 0.267. The quantitative estimate of drug-likeness (QED) is 0.609. The maximum atomic E-state index is 11.5. The van der Waals surface area contributed by atoms with Crippen LogP contribution in [0.1, 0.15) is 19.4 Å². The number of carbonyl (C=O) groups excluding carboxylic acids is 1. The molecule has 0 saturated heterocycles. The molecule has 1 amide bonds. The Morgan fingerprint density at radius 3 is 2.68 bits per heavy atom. The van der Waals surface area contributed by atoms with Gasteiger partial charge in [-0.15, -0.1) is 0 Å². The molecule has 0 aliphatic rings. The second-order valence-corrected chi connectivity index (χ2v) is 4.81. The molecule has 19 heavy (non-hydrogen) atoms. The number of anilines is 1. The molecule has 0 heterocycles. The number of nitrogens with one attached hydrogen (secondary N) is 2. The predicted octanol–water partition coefficient (Wildman–Crippen LogP) is 2.09. The molecule has 0 radical (unpaired) electrons. The minimum atomic E-state index is -0.455. The van der Waals surface area contributed by atoms with E-state index < -0.39 is 4.92 Å². The van der Waals surface area contributed by atoms with Crippen molar-refractivity contribution in [2.45, 2.75) is 20.8 Å². The second kappa shape index (κ2) is 6.72. The van der Waals surface area contributed by atoms with E-state index in [9.17, 15) is 14.9 Å². The van der Waals surface area contributed by atoms with Crippen LogP contribution in [0.15, 0.2) is 18.2 Å². The highest BCUT2D eigenvalue weighted by Crippen LogP contribution is 2.21. The van der Waals surface area contributed by atoms with Gasteiger partial charge in [-0.1, -0.05) is 19.9 Å². The lowest BCUT2D eigenvalue weighted by atomic mass is 10.2. The number of benzene rings is 1. The molecule has 0 aliphatic carbocycles. The van der Waals surface area contributed by atoms with Crippen LogP contribution in [0.5, 0.6) is 0 Å². The lowest BCUT2D eigenvalue weighted by molar-refractivity contribution is -0.384. The van der Waals surface area contributed by atoms with Crippen molar-refractivity contribution in [2.75, 3.05) is 18.4 Å². The third-order valence-electron chi connectivity index (χ3n) is 2.58. The van der Waals surface area contributed by atoms with Crippen LogP contribution in [0.4, 0.5) is 11.4 Å². The van der Waals surface area contributed by atoms with E-state index in [-0.39, 0.29) is 18.1 Å². The predicted molar refractivity (Wildman–Crippen MR) is 74.2 cm³/mol. The Morgan fingerprint density at radius 1 is 1.42 bits per heavy atom. The lowest BCUT2D eigenvalue weighted by Gasteiger charge is -2.11. The van der Waals surface area contributed by atoms with Crippen molar-refractivity contribution >= 4 is 17.3 Å². The van der Waals surface area contributed by atoms with E-state index >= 15 is 0 Å². The van der Waals surface area contributed by atoms with E-state index in [1.54, 1.807) is 6.07 Å². The Balaban J connectivity index is 2.59. The Morgan fingerprint density at radius 2 is 2.11 bits per heavy atom. The molecule has 0 aliphatic heterocycles. The Hall–Kier alpha value is -2.11. The van der Waals surface area contributed by atoms with E-state index in [4.69, 9.17) is 0 Å². The van der Waals surface area contributed by atoms with Gasteiger partial charge in [-0.2, -0.15) is 0 Å². The molecule has 2 N–H and O–H groups in total. The summed E-state index contributed by atoms with van der Waals surface area (Å²) in [6, 6.07) is 4.54. The third-order valence-corrected chi connectivity index (χ3v) is 2.58. The lowest BCUT2D eigenvalue weighted by Crippen LogP contribution is -2.32. The van der Waals surface area contributed by atoms with E-state index in [1.807, 2.05) is 20.8 Å². The molecule has 1 rings (SSSR count). The minimum Gasteiger partial charge on any atom is -0.376 e. The first-order valence-electron chi connectivity index (χ1n) is 6.15. The van der Waals surface area contributed by atoms with Crippen LogP contribution in [0, 0.1) is 23.0 Å². The second-order valence-electron chi connectivity index (χ2n) is 4.81. The summed E-state index contributed by atoms with van der Waals surface area (Å²) in [5.41, 5.74) is 1.48. The number of non-ortho nitro benzene ring substituents is 1. The monoisotopic (exact) mass is 265 g/mol. The van der Waals surface area contributed by atoms with Crippen molar-refractivity contribution in [2.24, 2.45) is 5.92 Å². The van der Waals surface area contributed by atoms with Crippen molar-refractivity contribution < 1.29 is 9.72 Å². The molecular formula is C13H19N3O3.